The Hall–Kier alpha value is -0.770. The van der Waals surface area contributed by atoms with Gasteiger partial charge in [-0.3, -0.25) is 0 Å². The van der Waals surface area contributed by atoms with Gasteiger partial charge in [-0.2, -0.15) is 0 Å². The van der Waals surface area contributed by atoms with Crippen molar-refractivity contribution < 1.29 is 9.53 Å². The largest absolute Gasteiger partial charge is 0.449 e. The summed E-state index contributed by atoms with van der Waals surface area (Å²) < 4.78 is 7.14. The Balaban J connectivity index is 2.45. The van der Waals surface area contributed by atoms with Crippen molar-refractivity contribution in [1.82, 2.24) is 4.57 Å². The molecule has 72 valence electrons. The molecule has 0 saturated carbocycles. The Morgan fingerprint density at radius 1 is 1.69 bits per heavy atom. The third kappa shape index (κ3) is 2.88. The van der Waals surface area contributed by atoms with Crippen LogP contribution in [0.3, 0.4) is 0 Å². The van der Waals surface area contributed by atoms with Gasteiger partial charge in [0.25, 0.3) is 0 Å². The zero-order chi connectivity index (χ0) is 9.68. The number of carbonyl (C=O) groups is 1. The second-order valence-corrected chi connectivity index (χ2v) is 3.48. The van der Waals surface area contributed by atoms with Crippen molar-refractivity contribution in [2.75, 3.05) is 6.61 Å². The van der Waals surface area contributed by atoms with E-state index in [-0.39, 0.29) is 6.09 Å². The van der Waals surface area contributed by atoms with Crippen molar-refractivity contribution in [2.45, 2.75) is 19.8 Å². The van der Waals surface area contributed by atoms with Crippen molar-refractivity contribution in [2.24, 2.45) is 0 Å². The average molecular weight is 246 g/mol. The molecular weight excluding hydrogens is 234 g/mol. The van der Waals surface area contributed by atoms with Gasteiger partial charge in [-0.05, 0) is 34.5 Å². The number of nitrogens with zero attached hydrogens (tertiary/aromatic N) is 1. The highest BCUT2D eigenvalue weighted by atomic mass is 79.9. The fraction of sp³-hybridized carbons (Fsp3) is 0.444. The SMILES string of the molecule is CCCCOC(=O)n1cccc1Br. The average Bonchev–Trinajstić information content (AvgIpc) is 2.52. The molecule has 1 rings (SSSR count). The van der Waals surface area contributed by atoms with Crippen molar-refractivity contribution in [3.63, 3.8) is 0 Å². The first-order valence-corrected chi connectivity index (χ1v) is 5.05. The zero-order valence-electron chi connectivity index (χ0n) is 7.50. The van der Waals surface area contributed by atoms with Gasteiger partial charge in [0, 0.05) is 6.20 Å². The summed E-state index contributed by atoms with van der Waals surface area (Å²) in [5, 5.41) is 0. The van der Waals surface area contributed by atoms with E-state index in [2.05, 4.69) is 22.9 Å². The Morgan fingerprint density at radius 2 is 2.46 bits per heavy atom. The second-order valence-electron chi connectivity index (χ2n) is 2.67. The van der Waals surface area contributed by atoms with Gasteiger partial charge in [0.15, 0.2) is 0 Å². The van der Waals surface area contributed by atoms with E-state index in [4.69, 9.17) is 4.74 Å². The van der Waals surface area contributed by atoms with Crippen molar-refractivity contribution in [1.29, 1.82) is 0 Å². The molecule has 0 saturated heterocycles. The first kappa shape index (κ1) is 10.3. The second kappa shape index (κ2) is 5.07. The molecular formula is C9H12BrNO2. The third-order valence-corrected chi connectivity index (χ3v) is 2.27. The standard InChI is InChI=1S/C9H12BrNO2/c1-2-3-7-13-9(12)11-6-4-5-8(11)10/h4-6H,2-3,7H2,1H3. The highest BCUT2D eigenvalue weighted by Crippen LogP contribution is 2.10. The first-order valence-electron chi connectivity index (χ1n) is 4.25. The van der Waals surface area contributed by atoms with Crippen LogP contribution in [0.25, 0.3) is 0 Å². The van der Waals surface area contributed by atoms with E-state index in [1.165, 1.54) is 4.57 Å². The molecule has 0 amide bonds. The summed E-state index contributed by atoms with van der Waals surface area (Å²) >= 11 is 3.24. The van der Waals surface area contributed by atoms with Gasteiger partial charge < -0.3 is 4.74 Å². The summed E-state index contributed by atoms with van der Waals surface area (Å²) in [6.07, 6.45) is 3.27. The number of rotatable bonds is 3. The van der Waals surface area contributed by atoms with Gasteiger partial charge in [0.1, 0.15) is 0 Å². The molecule has 0 aliphatic heterocycles. The summed E-state index contributed by atoms with van der Waals surface area (Å²) in [7, 11) is 0. The minimum Gasteiger partial charge on any atom is -0.449 e. The van der Waals surface area contributed by atoms with E-state index in [1.807, 2.05) is 0 Å². The summed E-state index contributed by atoms with van der Waals surface area (Å²) in [6.45, 7) is 2.54. The molecule has 0 atom stereocenters. The molecule has 0 aliphatic carbocycles. The van der Waals surface area contributed by atoms with E-state index in [0.29, 0.717) is 11.2 Å². The lowest BCUT2D eigenvalue weighted by molar-refractivity contribution is 0.145. The van der Waals surface area contributed by atoms with Crippen LogP contribution in [0.4, 0.5) is 4.79 Å². The minimum atomic E-state index is -0.328. The van der Waals surface area contributed by atoms with E-state index in [0.717, 1.165) is 12.8 Å². The van der Waals surface area contributed by atoms with E-state index >= 15 is 0 Å². The summed E-state index contributed by atoms with van der Waals surface area (Å²) in [6, 6.07) is 3.58. The lowest BCUT2D eigenvalue weighted by Gasteiger charge is -2.04. The van der Waals surface area contributed by atoms with E-state index in [1.54, 1.807) is 18.3 Å². The van der Waals surface area contributed by atoms with Gasteiger partial charge in [0.05, 0.1) is 11.2 Å². The lowest BCUT2D eigenvalue weighted by Crippen LogP contribution is -2.13. The summed E-state index contributed by atoms with van der Waals surface area (Å²) in [5.41, 5.74) is 0. The minimum absolute atomic E-state index is 0.328. The number of unbranched alkanes of at least 4 members (excludes halogenated alkanes) is 1. The molecule has 0 spiro atoms. The number of hydrogen-bond donors (Lipinski definition) is 0. The molecule has 1 aromatic rings. The van der Waals surface area contributed by atoms with Crippen LogP contribution in [0.1, 0.15) is 19.8 Å². The number of hydrogen-bond acceptors (Lipinski definition) is 2. The fourth-order valence-corrected chi connectivity index (χ4v) is 1.30. The molecule has 3 nitrogen and oxygen atoms in total. The quantitative estimate of drug-likeness (QED) is 0.767. The van der Waals surface area contributed by atoms with Gasteiger partial charge in [0.2, 0.25) is 0 Å². The topological polar surface area (TPSA) is 31.2 Å². The molecule has 0 bridgehead atoms. The molecule has 4 heteroatoms. The fourth-order valence-electron chi connectivity index (χ4n) is 0.881. The lowest BCUT2D eigenvalue weighted by atomic mass is 10.4. The predicted molar refractivity (Wildman–Crippen MR) is 53.8 cm³/mol. The Kier molecular flexibility index (Phi) is 4.02. The van der Waals surface area contributed by atoms with Crippen LogP contribution in [-0.2, 0) is 4.74 Å². The van der Waals surface area contributed by atoms with Gasteiger partial charge >= 0.3 is 6.09 Å². The molecule has 0 radical (unpaired) electrons. The Labute approximate surface area is 85.8 Å². The van der Waals surface area contributed by atoms with Crippen LogP contribution in [0.15, 0.2) is 22.9 Å². The van der Waals surface area contributed by atoms with Gasteiger partial charge in [-0.25, -0.2) is 9.36 Å². The maximum absolute atomic E-state index is 11.3. The highest BCUT2D eigenvalue weighted by molar-refractivity contribution is 9.10. The molecule has 0 N–H and O–H groups in total. The van der Waals surface area contributed by atoms with Crippen molar-refractivity contribution in [3.8, 4) is 0 Å². The molecule has 1 aromatic heterocycles. The highest BCUT2D eigenvalue weighted by Gasteiger charge is 2.07. The Bertz CT molecular complexity index is 283. The maximum atomic E-state index is 11.3. The van der Waals surface area contributed by atoms with Gasteiger partial charge in [-0.1, -0.05) is 13.3 Å². The van der Waals surface area contributed by atoms with Crippen LogP contribution in [-0.4, -0.2) is 17.3 Å². The monoisotopic (exact) mass is 245 g/mol. The Morgan fingerprint density at radius 3 is 3.00 bits per heavy atom. The van der Waals surface area contributed by atoms with Gasteiger partial charge in [-0.15, -0.1) is 0 Å². The van der Waals surface area contributed by atoms with Crippen LogP contribution in [0, 0.1) is 0 Å². The summed E-state index contributed by atoms with van der Waals surface area (Å²) in [5.74, 6) is 0. The van der Waals surface area contributed by atoms with Crippen LogP contribution in [0.5, 0.6) is 0 Å². The van der Waals surface area contributed by atoms with Crippen molar-refractivity contribution in [3.05, 3.63) is 22.9 Å². The maximum Gasteiger partial charge on any atom is 0.418 e. The zero-order valence-corrected chi connectivity index (χ0v) is 9.08. The molecule has 13 heavy (non-hydrogen) atoms. The molecule has 0 fully saturated rings. The van der Waals surface area contributed by atoms with E-state index < -0.39 is 0 Å². The first-order chi connectivity index (χ1) is 6.25. The van der Waals surface area contributed by atoms with E-state index in [9.17, 15) is 4.79 Å². The predicted octanol–water partition coefficient (Wildman–Crippen LogP) is 3.04. The smallest absolute Gasteiger partial charge is 0.418 e. The molecule has 0 aromatic carbocycles. The van der Waals surface area contributed by atoms with Crippen LogP contribution in [0.2, 0.25) is 0 Å². The van der Waals surface area contributed by atoms with Crippen LogP contribution < -0.4 is 0 Å². The van der Waals surface area contributed by atoms with Crippen molar-refractivity contribution >= 4 is 22.0 Å². The third-order valence-electron chi connectivity index (χ3n) is 1.62. The number of carbonyl (C=O) groups excluding carboxylic acids is 1. The normalized spacial score (nSPS) is 10.0. The molecule has 0 aliphatic rings. The summed E-state index contributed by atoms with van der Waals surface area (Å²) in [4.78, 5) is 11.3. The van der Waals surface area contributed by atoms with Crippen LogP contribution >= 0.6 is 15.9 Å². The molecule has 1 heterocycles. The number of ether oxygens (including phenoxy) is 1. The number of aromatic nitrogens is 1. The number of halogens is 1. The molecule has 0 unspecified atom stereocenters.